The Labute approximate surface area is 110 Å². The van der Waals surface area contributed by atoms with Gasteiger partial charge in [0.05, 0.1) is 19.2 Å². The molecule has 0 aliphatic carbocycles. The van der Waals surface area contributed by atoms with E-state index in [9.17, 15) is 4.79 Å². The predicted molar refractivity (Wildman–Crippen MR) is 62.3 cm³/mol. The molecule has 9 nitrogen and oxygen atoms in total. The highest BCUT2D eigenvalue weighted by Gasteiger charge is 2.32. The lowest BCUT2D eigenvalue weighted by atomic mass is 10.2. The second-order valence-electron chi connectivity index (χ2n) is 5.24. The number of ether oxygens (including phenoxy) is 2. The third kappa shape index (κ3) is 4.12. The lowest BCUT2D eigenvalue weighted by molar-refractivity contribution is -0.0280. The molecular weight excluding hydrogens is 258 g/mol. The summed E-state index contributed by atoms with van der Waals surface area (Å²) in [7, 11) is 0. The Morgan fingerprint density at radius 2 is 2.05 bits per heavy atom. The Kier molecular flexibility index (Phi) is 3.65. The Bertz CT molecular complexity index is 408. The first-order valence-corrected chi connectivity index (χ1v) is 6.05. The van der Waals surface area contributed by atoms with Crippen molar-refractivity contribution in [2.45, 2.75) is 32.5 Å². The van der Waals surface area contributed by atoms with E-state index in [-0.39, 0.29) is 19.3 Å². The van der Waals surface area contributed by atoms with Crippen LogP contribution >= 0.6 is 0 Å². The fourth-order valence-corrected chi connectivity index (χ4v) is 1.37. The van der Waals surface area contributed by atoms with Crippen molar-refractivity contribution < 1.29 is 28.8 Å². The quantitative estimate of drug-likeness (QED) is 0.577. The van der Waals surface area contributed by atoms with E-state index in [0.29, 0.717) is 13.1 Å². The van der Waals surface area contributed by atoms with Crippen LogP contribution in [0.2, 0.25) is 0 Å². The normalized spacial score (nSPS) is 16.3. The molecule has 110 valence electrons. The zero-order chi connectivity index (χ0) is 14.0. The second-order valence-corrected chi connectivity index (χ2v) is 5.24. The average molecular weight is 277 g/mol. The molecule has 9 heteroatoms. The van der Waals surface area contributed by atoms with Crippen molar-refractivity contribution >= 4 is 6.16 Å². The molecule has 1 aromatic heterocycles. The minimum absolute atomic E-state index is 0.0608. The van der Waals surface area contributed by atoms with Gasteiger partial charge in [-0.3, -0.25) is 5.01 Å². The smallest absolute Gasteiger partial charge is 0.431 e. The van der Waals surface area contributed by atoms with Crippen LogP contribution in [0.1, 0.15) is 20.8 Å². The Morgan fingerprint density at radius 3 is 2.63 bits per heavy atom. The van der Waals surface area contributed by atoms with E-state index >= 15 is 0 Å². The fourth-order valence-electron chi connectivity index (χ4n) is 1.37. The van der Waals surface area contributed by atoms with Crippen LogP contribution in [0, 0.1) is 0 Å². The van der Waals surface area contributed by atoms with Gasteiger partial charge < -0.3 is 19.4 Å². The summed E-state index contributed by atoms with van der Waals surface area (Å²) < 4.78 is 14.7. The van der Waals surface area contributed by atoms with Crippen molar-refractivity contribution in [1.82, 2.24) is 9.98 Å². The van der Waals surface area contributed by atoms with Gasteiger partial charge in [0, 0.05) is 4.96 Å². The van der Waals surface area contributed by atoms with Crippen LogP contribution in [-0.4, -0.2) is 59.3 Å². The summed E-state index contributed by atoms with van der Waals surface area (Å²) in [5.41, 5.74) is -0.573. The summed E-state index contributed by atoms with van der Waals surface area (Å²) in [6.07, 6.45) is -1.05. The van der Waals surface area contributed by atoms with Crippen LogP contribution in [0.4, 0.5) is 4.79 Å². The average Bonchev–Trinajstić information content (AvgIpc) is 2.96. The SMILES string of the molecule is CC(C)(C)OC(=O)OCCOn1on1N1CC(O)C1. The van der Waals surface area contributed by atoms with E-state index in [2.05, 4.69) is 0 Å². The molecule has 0 amide bonds. The van der Waals surface area contributed by atoms with Crippen molar-refractivity contribution in [1.29, 1.82) is 0 Å². The molecule has 1 N–H and O–H groups in total. The first-order chi connectivity index (χ1) is 8.85. The molecule has 0 atom stereocenters. The lowest BCUT2D eigenvalue weighted by Crippen LogP contribution is -2.55. The molecule has 1 aliphatic rings. The summed E-state index contributed by atoms with van der Waals surface area (Å²) in [4.78, 5) is 17.7. The van der Waals surface area contributed by atoms with Crippen LogP contribution in [-0.2, 0) is 9.47 Å². The van der Waals surface area contributed by atoms with E-state index < -0.39 is 11.8 Å². The minimum Gasteiger partial charge on any atom is -0.431 e. The minimum atomic E-state index is -0.731. The molecule has 0 aromatic carbocycles. The van der Waals surface area contributed by atoms with Crippen LogP contribution in [0.15, 0.2) is 4.63 Å². The van der Waals surface area contributed by atoms with Gasteiger partial charge in [0.2, 0.25) is 0 Å². The van der Waals surface area contributed by atoms with E-state index in [1.54, 1.807) is 25.8 Å². The molecule has 0 radical (unpaired) electrons. The summed E-state index contributed by atoms with van der Waals surface area (Å²) in [6.45, 7) is 6.50. The van der Waals surface area contributed by atoms with Crippen LogP contribution in [0.5, 0.6) is 0 Å². The number of rotatable bonds is 5. The van der Waals surface area contributed by atoms with Gasteiger partial charge in [-0.15, -0.1) is 0 Å². The van der Waals surface area contributed by atoms with Crippen molar-refractivity contribution in [2.75, 3.05) is 31.3 Å². The van der Waals surface area contributed by atoms with Crippen LogP contribution < -0.4 is 9.85 Å². The Morgan fingerprint density at radius 1 is 1.37 bits per heavy atom. The maximum atomic E-state index is 11.2. The number of aliphatic hydroxyl groups is 1. The number of aliphatic hydroxyl groups excluding tert-OH is 1. The van der Waals surface area contributed by atoms with Gasteiger partial charge in [-0.05, 0) is 20.8 Å². The number of carbonyl (C=O) groups excluding carboxylic acids is 1. The van der Waals surface area contributed by atoms with Crippen molar-refractivity contribution in [2.24, 2.45) is 0 Å². The molecule has 1 fully saturated rings. The highest BCUT2D eigenvalue weighted by Crippen LogP contribution is 2.09. The third-order valence-electron chi connectivity index (χ3n) is 2.24. The number of carbonyl (C=O) groups is 1. The van der Waals surface area contributed by atoms with Crippen molar-refractivity contribution in [3.05, 3.63) is 0 Å². The van der Waals surface area contributed by atoms with E-state index in [0.717, 1.165) is 5.02 Å². The maximum Gasteiger partial charge on any atom is 0.508 e. The van der Waals surface area contributed by atoms with Crippen molar-refractivity contribution in [3.63, 3.8) is 0 Å². The van der Waals surface area contributed by atoms with Crippen LogP contribution in [0.3, 0.4) is 0 Å². The molecule has 0 spiro atoms. The number of β-amino-alcohol motifs (C(OH)–C–C–N with tert-alkyl or cyclic N) is 1. The highest BCUT2D eigenvalue weighted by molar-refractivity contribution is 5.60. The second kappa shape index (κ2) is 5.08. The van der Waals surface area contributed by atoms with Gasteiger partial charge in [0.15, 0.2) is 6.61 Å². The lowest BCUT2D eigenvalue weighted by Gasteiger charge is -2.31. The molecule has 2 rings (SSSR count). The molecule has 0 unspecified atom stereocenters. The van der Waals surface area contributed by atoms with Gasteiger partial charge in [0.25, 0.3) is 0 Å². The number of hydrogen-bond donors (Lipinski definition) is 1. The fraction of sp³-hybridized carbons (Fsp3) is 0.900. The molecular formula is C10H19N3O6. The number of nitrogens with zero attached hydrogens (tertiary/aromatic N) is 3. The highest BCUT2D eigenvalue weighted by atomic mass is 17.0. The van der Waals surface area contributed by atoms with E-state index in [1.165, 1.54) is 4.96 Å². The van der Waals surface area contributed by atoms with Crippen LogP contribution in [0.25, 0.3) is 0 Å². The van der Waals surface area contributed by atoms with Gasteiger partial charge in [-0.2, -0.15) is 4.63 Å². The van der Waals surface area contributed by atoms with Gasteiger partial charge in [0.1, 0.15) is 17.2 Å². The zero-order valence-corrected chi connectivity index (χ0v) is 11.2. The Balaban J connectivity index is 1.54. The number of hydrogen-bond acceptors (Lipinski definition) is 7. The zero-order valence-electron chi connectivity index (χ0n) is 11.2. The molecule has 1 aliphatic heterocycles. The largest absolute Gasteiger partial charge is 0.508 e. The van der Waals surface area contributed by atoms with E-state index in [1.807, 2.05) is 0 Å². The first kappa shape index (κ1) is 13.7. The van der Waals surface area contributed by atoms with Gasteiger partial charge in [-0.1, -0.05) is 0 Å². The summed E-state index contributed by atoms with van der Waals surface area (Å²) in [5.74, 6) is 0. The molecule has 1 saturated heterocycles. The molecule has 2 heterocycles. The molecule has 19 heavy (non-hydrogen) atoms. The third-order valence-corrected chi connectivity index (χ3v) is 2.24. The number of aromatic nitrogens is 2. The summed E-state index contributed by atoms with van der Waals surface area (Å²) in [6, 6.07) is 0. The monoisotopic (exact) mass is 277 g/mol. The topological polar surface area (TPSA) is 91.2 Å². The Hall–Kier alpha value is -1.77. The maximum absolute atomic E-state index is 11.2. The predicted octanol–water partition coefficient (Wildman–Crippen LogP) is -0.425. The summed E-state index contributed by atoms with van der Waals surface area (Å²) in [5, 5.41) is 12.0. The van der Waals surface area contributed by atoms with Gasteiger partial charge >= 0.3 is 6.16 Å². The molecule has 0 bridgehead atoms. The summed E-state index contributed by atoms with van der Waals surface area (Å²) >= 11 is 0. The van der Waals surface area contributed by atoms with E-state index in [4.69, 9.17) is 24.0 Å². The molecule has 0 saturated carbocycles. The standard InChI is InChI=1S/C10H19N3O6/c1-10(2,3)18-9(15)16-4-5-17-13-12(19-13)11-6-8(14)7-11/h8,14H,4-7H2,1-3H3. The van der Waals surface area contributed by atoms with Crippen molar-refractivity contribution in [3.8, 4) is 0 Å². The first-order valence-electron chi connectivity index (χ1n) is 6.05. The molecule has 1 aromatic rings. The van der Waals surface area contributed by atoms with Gasteiger partial charge in [-0.25, -0.2) is 4.79 Å².